The van der Waals surface area contributed by atoms with Crippen molar-refractivity contribution in [2.75, 3.05) is 4.72 Å². The van der Waals surface area contributed by atoms with Crippen LogP contribution in [0.3, 0.4) is 0 Å². The number of aryl methyl sites for hydroxylation is 2. The van der Waals surface area contributed by atoms with Crippen LogP contribution in [-0.4, -0.2) is 13.4 Å². The molecule has 5 heteroatoms. The lowest BCUT2D eigenvalue weighted by atomic mass is 10.1. The summed E-state index contributed by atoms with van der Waals surface area (Å²) in [5.74, 6) is 0. The number of benzene rings is 2. The molecule has 0 radical (unpaired) electrons. The summed E-state index contributed by atoms with van der Waals surface area (Å²) in [7, 11) is -3.64. The van der Waals surface area contributed by atoms with Gasteiger partial charge in [0.05, 0.1) is 21.8 Å². The molecule has 0 saturated heterocycles. The number of pyridine rings is 1. The number of unbranched alkanes of at least 4 members (excludes halogenated alkanes) is 1. The highest BCUT2D eigenvalue weighted by atomic mass is 32.2. The molecule has 1 heterocycles. The Morgan fingerprint density at radius 2 is 1.76 bits per heavy atom. The molecular weight excluding hydrogens is 332 g/mol. The van der Waals surface area contributed by atoms with Gasteiger partial charge in [-0.05, 0) is 44.0 Å². The van der Waals surface area contributed by atoms with Crippen molar-refractivity contribution in [3.05, 3.63) is 65.9 Å². The van der Waals surface area contributed by atoms with Gasteiger partial charge in [-0.1, -0.05) is 49.2 Å². The lowest BCUT2D eigenvalue weighted by Crippen LogP contribution is -2.15. The van der Waals surface area contributed by atoms with Crippen LogP contribution in [0.5, 0.6) is 0 Å². The Morgan fingerprint density at radius 1 is 1.04 bits per heavy atom. The first-order valence-electron chi connectivity index (χ1n) is 8.48. The number of sulfonamides is 1. The number of hydrogen-bond acceptors (Lipinski definition) is 3. The van der Waals surface area contributed by atoms with Crippen LogP contribution >= 0.6 is 0 Å². The third-order valence-corrected chi connectivity index (χ3v) is 5.53. The van der Waals surface area contributed by atoms with Crippen LogP contribution in [-0.2, 0) is 16.4 Å². The number of nitrogens with zero attached hydrogens (tertiary/aromatic N) is 1. The van der Waals surface area contributed by atoms with Crippen molar-refractivity contribution in [3.63, 3.8) is 0 Å². The van der Waals surface area contributed by atoms with Gasteiger partial charge in [-0.3, -0.25) is 9.71 Å². The van der Waals surface area contributed by atoms with E-state index in [1.807, 2.05) is 37.3 Å². The van der Waals surface area contributed by atoms with Gasteiger partial charge < -0.3 is 0 Å². The van der Waals surface area contributed by atoms with E-state index in [2.05, 4.69) is 16.6 Å². The molecule has 1 N–H and O–H groups in total. The second kappa shape index (κ2) is 7.23. The van der Waals surface area contributed by atoms with Crippen molar-refractivity contribution in [3.8, 4) is 0 Å². The van der Waals surface area contributed by atoms with Crippen LogP contribution in [0.15, 0.2) is 59.5 Å². The summed E-state index contributed by atoms with van der Waals surface area (Å²) in [5.41, 5.74) is 3.26. The Bertz CT molecular complexity index is 980. The fourth-order valence-electron chi connectivity index (χ4n) is 2.70. The van der Waals surface area contributed by atoms with Gasteiger partial charge in [0.2, 0.25) is 0 Å². The molecule has 0 aliphatic carbocycles. The summed E-state index contributed by atoms with van der Waals surface area (Å²) in [6.45, 7) is 4.04. The number of para-hydroxylation sites is 1. The third kappa shape index (κ3) is 3.99. The molecule has 3 aromatic rings. The minimum absolute atomic E-state index is 0.257. The molecule has 0 spiro atoms. The highest BCUT2D eigenvalue weighted by Gasteiger charge is 2.17. The number of anilines is 1. The van der Waals surface area contributed by atoms with Gasteiger partial charge in [-0.15, -0.1) is 0 Å². The summed E-state index contributed by atoms with van der Waals surface area (Å²) < 4.78 is 28.2. The summed E-state index contributed by atoms with van der Waals surface area (Å²) in [4.78, 5) is 4.93. The van der Waals surface area contributed by atoms with Gasteiger partial charge in [0.15, 0.2) is 0 Å². The number of aromatic nitrogens is 1. The van der Waals surface area contributed by atoms with Crippen molar-refractivity contribution in [2.45, 2.75) is 38.0 Å². The van der Waals surface area contributed by atoms with E-state index in [1.54, 1.807) is 24.3 Å². The van der Waals surface area contributed by atoms with E-state index in [4.69, 9.17) is 0 Å². The summed E-state index contributed by atoms with van der Waals surface area (Å²) in [6.07, 6.45) is 2.73. The van der Waals surface area contributed by atoms with Crippen molar-refractivity contribution in [1.82, 2.24) is 4.98 Å². The first-order valence-corrected chi connectivity index (χ1v) is 9.96. The largest absolute Gasteiger partial charge is 0.278 e. The molecule has 0 aliphatic rings. The Morgan fingerprint density at radius 3 is 2.48 bits per heavy atom. The molecule has 0 amide bonds. The molecule has 0 fully saturated rings. The molecule has 0 aliphatic heterocycles. The minimum Gasteiger partial charge on any atom is -0.278 e. The smallest absolute Gasteiger partial charge is 0.261 e. The first-order chi connectivity index (χ1) is 12.0. The van der Waals surface area contributed by atoms with Crippen molar-refractivity contribution >= 4 is 26.6 Å². The van der Waals surface area contributed by atoms with Gasteiger partial charge in [-0.2, -0.15) is 0 Å². The van der Waals surface area contributed by atoms with E-state index in [-0.39, 0.29) is 4.90 Å². The van der Waals surface area contributed by atoms with Gasteiger partial charge in [0.25, 0.3) is 10.0 Å². The summed E-state index contributed by atoms with van der Waals surface area (Å²) in [5, 5.41) is 0.921. The molecule has 0 bridgehead atoms. The number of fused-ring (bicyclic) bond motifs is 1. The first kappa shape index (κ1) is 17.4. The molecule has 3 rings (SSSR count). The molecule has 25 heavy (non-hydrogen) atoms. The molecule has 0 saturated carbocycles. The highest BCUT2D eigenvalue weighted by molar-refractivity contribution is 7.92. The third-order valence-electron chi connectivity index (χ3n) is 4.15. The zero-order chi connectivity index (χ0) is 17.9. The SMILES string of the molecule is CCCCc1nc2ccccc2cc1NS(=O)(=O)c1ccc(C)cc1. The lowest BCUT2D eigenvalue weighted by molar-refractivity contribution is 0.601. The predicted molar refractivity (Wildman–Crippen MR) is 102 cm³/mol. The Kier molecular flexibility index (Phi) is 5.04. The molecule has 0 unspecified atom stereocenters. The number of nitrogens with one attached hydrogen (secondary N) is 1. The van der Waals surface area contributed by atoms with Gasteiger partial charge in [0, 0.05) is 5.39 Å². The number of rotatable bonds is 6. The average molecular weight is 354 g/mol. The molecule has 4 nitrogen and oxygen atoms in total. The Labute approximate surface area is 149 Å². The van der Waals surface area contributed by atoms with Crippen LogP contribution in [0.25, 0.3) is 10.9 Å². The standard InChI is InChI=1S/C20H22N2O2S/c1-3-4-8-19-20(14-16-7-5-6-9-18(16)21-19)22-25(23,24)17-12-10-15(2)11-13-17/h5-7,9-14,22H,3-4,8H2,1-2H3. The highest BCUT2D eigenvalue weighted by Crippen LogP contribution is 2.25. The van der Waals surface area contributed by atoms with Crippen LogP contribution in [0.1, 0.15) is 31.0 Å². The molecule has 130 valence electrons. The van der Waals surface area contributed by atoms with Crippen molar-refractivity contribution < 1.29 is 8.42 Å². The zero-order valence-electron chi connectivity index (χ0n) is 14.5. The van der Waals surface area contributed by atoms with Crippen molar-refractivity contribution in [1.29, 1.82) is 0 Å². The van der Waals surface area contributed by atoms with E-state index >= 15 is 0 Å². The number of hydrogen-bond donors (Lipinski definition) is 1. The van der Waals surface area contributed by atoms with E-state index in [0.29, 0.717) is 5.69 Å². The monoisotopic (exact) mass is 354 g/mol. The van der Waals surface area contributed by atoms with Crippen LogP contribution in [0.4, 0.5) is 5.69 Å². The van der Waals surface area contributed by atoms with Gasteiger partial charge in [0.1, 0.15) is 0 Å². The van der Waals surface area contributed by atoms with Gasteiger partial charge >= 0.3 is 0 Å². The normalized spacial score (nSPS) is 11.6. The van der Waals surface area contributed by atoms with E-state index < -0.39 is 10.0 Å². The maximum atomic E-state index is 12.7. The van der Waals surface area contributed by atoms with E-state index in [0.717, 1.165) is 41.4 Å². The lowest BCUT2D eigenvalue weighted by Gasteiger charge is -2.13. The predicted octanol–water partition coefficient (Wildman–Crippen LogP) is 4.69. The second-order valence-corrected chi connectivity index (χ2v) is 7.88. The topological polar surface area (TPSA) is 59.1 Å². The van der Waals surface area contributed by atoms with Crippen molar-refractivity contribution in [2.24, 2.45) is 0 Å². The molecule has 1 aromatic heterocycles. The molecular formula is C20H22N2O2S. The van der Waals surface area contributed by atoms with Crippen LogP contribution < -0.4 is 4.72 Å². The van der Waals surface area contributed by atoms with Gasteiger partial charge in [-0.25, -0.2) is 8.42 Å². The zero-order valence-corrected chi connectivity index (χ0v) is 15.3. The molecule has 2 aromatic carbocycles. The second-order valence-electron chi connectivity index (χ2n) is 6.20. The quantitative estimate of drug-likeness (QED) is 0.699. The maximum absolute atomic E-state index is 12.7. The maximum Gasteiger partial charge on any atom is 0.261 e. The average Bonchev–Trinajstić information content (AvgIpc) is 2.60. The summed E-state index contributed by atoms with van der Waals surface area (Å²) in [6, 6.07) is 16.5. The van der Waals surface area contributed by atoms with Crippen LogP contribution in [0.2, 0.25) is 0 Å². The summed E-state index contributed by atoms with van der Waals surface area (Å²) >= 11 is 0. The van der Waals surface area contributed by atoms with E-state index in [9.17, 15) is 8.42 Å². The fraction of sp³-hybridized carbons (Fsp3) is 0.250. The fourth-order valence-corrected chi connectivity index (χ4v) is 3.78. The van der Waals surface area contributed by atoms with E-state index in [1.165, 1.54) is 0 Å². The Hall–Kier alpha value is -2.40. The Balaban J connectivity index is 2.02. The minimum atomic E-state index is -3.64. The van der Waals surface area contributed by atoms with Crippen LogP contribution in [0, 0.1) is 6.92 Å². The molecule has 0 atom stereocenters.